The van der Waals surface area contributed by atoms with Crippen LogP contribution in [0.3, 0.4) is 0 Å². The minimum Gasteiger partial charge on any atom is -0.493 e. The Labute approximate surface area is 131 Å². The summed E-state index contributed by atoms with van der Waals surface area (Å²) in [5.41, 5.74) is -0.239. The Bertz CT molecular complexity index is 515. The third kappa shape index (κ3) is 3.18. The van der Waals surface area contributed by atoms with Gasteiger partial charge < -0.3 is 14.2 Å². The van der Waals surface area contributed by atoms with E-state index in [9.17, 15) is 4.79 Å². The highest BCUT2D eigenvalue weighted by Crippen LogP contribution is 2.49. The highest BCUT2D eigenvalue weighted by molar-refractivity contribution is 5.79. The third-order valence-electron chi connectivity index (χ3n) is 5.01. The highest BCUT2D eigenvalue weighted by atomic mass is 16.6. The fourth-order valence-corrected chi connectivity index (χ4v) is 3.58. The molecule has 0 radical (unpaired) electrons. The van der Waals surface area contributed by atoms with Gasteiger partial charge >= 0.3 is 0 Å². The van der Waals surface area contributed by atoms with Crippen LogP contribution in [0.4, 0.5) is 0 Å². The number of epoxide rings is 1. The summed E-state index contributed by atoms with van der Waals surface area (Å²) in [6, 6.07) is 9.80. The average Bonchev–Trinajstić information content (AvgIpc) is 3.20. The van der Waals surface area contributed by atoms with Gasteiger partial charge in [-0.05, 0) is 25.5 Å². The van der Waals surface area contributed by atoms with Gasteiger partial charge in [-0.1, -0.05) is 18.2 Å². The van der Waals surface area contributed by atoms with Crippen LogP contribution in [0.2, 0.25) is 0 Å². The first kappa shape index (κ1) is 15.5. The maximum atomic E-state index is 11.8. The van der Waals surface area contributed by atoms with Gasteiger partial charge in [0.2, 0.25) is 0 Å². The van der Waals surface area contributed by atoms with Crippen LogP contribution in [0.25, 0.3) is 0 Å². The Morgan fingerprint density at radius 3 is 2.82 bits per heavy atom. The van der Waals surface area contributed by atoms with Crippen molar-refractivity contribution >= 4 is 5.78 Å². The van der Waals surface area contributed by atoms with Crippen molar-refractivity contribution in [3.05, 3.63) is 30.3 Å². The number of carbonyl (C=O) groups is 1. The normalized spacial score (nSPS) is 34.5. The maximum absolute atomic E-state index is 11.8. The Morgan fingerprint density at radius 2 is 2.09 bits per heavy atom. The number of hydrogen-bond donors (Lipinski definition) is 0. The summed E-state index contributed by atoms with van der Waals surface area (Å²) < 4.78 is 17.3. The van der Waals surface area contributed by atoms with Crippen molar-refractivity contribution in [3.63, 3.8) is 0 Å². The summed E-state index contributed by atoms with van der Waals surface area (Å²) in [4.78, 5) is 11.8. The lowest BCUT2D eigenvalue weighted by Crippen LogP contribution is -2.40. The molecule has 22 heavy (non-hydrogen) atoms. The van der Waals surface area contributed by atoms with Gasteiger partial charge in [0, 0.05) is 32.3 Å². The number of rotatable bonds is 6. The van der Waals surface area contributed by atoms with E-state index in [-0.39, 0.29) is 23.7 Å². The van der Waals surface area contributed by atoms with Crippen molar-refractivity contribution in [1.82, 2.24) is 0 Å². The highest BCUT2D eigenvalue weighted by Gasteiger charge is 2.60. The first-order valence-electron chi connectivity index (χ1n) is 8.03. The van der Waals surface area contributed by atoms with Crippen molar-refractivity contribution in [1.29, 1.82) is 0 Å². The Balaban J connectivity index is 1.51. The van der Waals surface area contributed by atoms with E-state index >= 15 is 0 Å². The maximum Gasteiger partial charge on any atom is 0.133 e. The minimum absolute atomic E-state index is 0.128. The molecule has 0 N–H and O–H groups in total. The predicted octanol–water partition coefficient (Wildman–Crippen LogP) is 3.00. The molecule has 4 nitrogen and oxygen atoms in total. The zero-order chi connectivity index (χ0) is 15.6. The lowest BCUT2D eigenvalue weighted by molar-refractivity contribution is -0.127. The quantitative estimate of drug-likeness (QED) is 0.758. The van der Waals surface area contributed by atoms with Gasteiger partial charge in [0.15, 0.2) is 0 Å². The molecule has 2 fully saturated rings. The summed E-state index contributed by atoms with van der Waals surface area (Å²) in [5, 5.41) is 0. The molecule has 2 aliphatic rings. The van der Waals surface area contributed by atoms with Crippen molar-refractivity contribution < 1.29 is 19.0 Å². The summed E-state index contributed by atoms with van der Waals surface area (Å²) in [7, 11) is 1.73. The summed E-state index contributed by atoms with van der Waals surface area (Å²) >= 11 is 0. The summed E-state index contributed by atoms with van der Waals surface area (Å²) in [6.45, 7) is 2.73. The zero-order valence-electron chi connectivity index (χ0n) is 13.3. The monoisotopic (exact) mass is 304 g/mol. The van der Waals surface area contributed by atoms with Crippen LogP contribution < -0.4 is 4.74 Å². The van der Waals surface area contributed by atoms with Crippen LogP contribution in [-0.4, -0.2) is 37.3 Å². The largest absolute Gasteiger partial charge is 0.493 e. The minimum atomic E-state index is -0.239. The molecule has 0 aromatic heterocycles. The topological polar surface area (TPSA) is 48.1 Å². The molecular formula is C18H24O4. The zero-order valence-corrected chi connectivity index (χ0v) is 13.3. The first-order chi connectivity index (χ1) is 10.6. The van der Waals surface area contributed by atoms with Gasteiger partial charge in [0.05, 0.1) is 24.4 Å². The van der Waals surface area contributed by atoms with E-state index in [1.54, 1.807) is 7.11 Å². The molecule has 1 aliphatic heterocycles. The van der Waals surface area contributed by atoms with Gasteiger partial charge in [-0.15, -0.1) is 0 Å². The molecular weight excluding hydrogens is 280 g/mol. The molecule has 0 bridgehead atoms. The molecule has 4 atom stereocenters. The number of ketones is 1. The standard InChI is InChI=1S/C18H24O4/c1-18(15-12-13(19)8-9-16(15)20-2)17(22-18)10-11-21-14-6-4-3-5-7-14/h3-7,15-17H,8-12H2,1-2H3/t15?,16?,17?,18-/m0/s1. The molecule has 1 aliphatic carbocycles. The predicted molar refractivity (Wildman–Crippen MR) is 83.0 cm³/mol. The summed E-state index contributed by atoms with van der Waals surface area (Å²) in [6.07, 6.45) is 3.14. The van der Waals surface area contributed by atoms with Crippen LogP contribution in [0.5, 0.6) is 5.75 Å². The molecule has 4 heteroatoms. The number of carbonyl (C=O) groups excluding carboxylic acids is 1. The molecule has 0 spiro atoms. The Kier molecular flexibility index (Phi) is 4.50. The molecule has 120 valence electrons. The molecule has 1 heterocycles. The third-order valence-corrected chi connectivity index (χ3v) is 5.01. The van der Waals surface area contributed by atoms with Crippen molar-refractivity contribution in [2.45, 2.75) is 50.4 Å². The number of methoxy groups -OCH3 is 1. The molecule has 1 saturated carbocycles. The van der Waals surface area contributed by atoms with E-state index in [0.717, 1.165) is 18.6 Å². The van der Waals surface area contributed by atoms with Gasteiger partial charge in [-0.2, -0.15) is 0 Å². The molecule has 3 rings (SSSR count). The van der Waals surface area contributed by atoms with E-state index in [1.807, 2.05) is 30.3 Å². The van der Waals surface area contributed by atoms with Gasteiger partial charge in [0.1, 0.15) is 11.5 Å². The lowest BCUT2D eigenvalue weighted by atomic mass is 9.76. The van der Waals surface area contributed by atoms with E-state index in [2.05, 4.69) is 6.92 Å². The van der Waals surface area contributed by atoms with Crippen LogP contribution in [0, 0.1) is 5.92 Å². The fourth-order valence-electron chi connectivity index (χ4n) is 3.58. The van der Waals surface area contributed by atoms with Crippen LogP contribution in [-0.2, 0) is 14.3 Å². The molecule has 1 saturated heterocycles. The van der Waals surface area contributed by atoms with E-state index in [4.69, 9.17) is 14.2 Å². The van der Waals surface area contributed by atoms with Gasteiger partial charge in [0.25, 0.3) is 0 Å². The Hall–Kier alpha value is -1.39. The van der Waals surface area contributed by atoms with E-state index < -0.39 is 0 Å². The number of Topliss-reactive ketones (excluding diaryl/α,β-unsaturated/α-hetero) is 1. The summed E-state index contributed by atoms with van der Waals surface area (Å²) in [5.74, 6) is 1.38. The van der Waals surface area contributed by atoms with Crippen LogP contribution >= 0.6 is 0 Å². The van der Waals surface area contributed by atoms with Crippen LogP contribution in [0.1, 0.15) is 32.6 Å². The lowest BCUT2D eigenvalue weighted by Gasteiger charge is -2.32. The van der Waals surface area contributed by atoms with E-state index in [1.165, 1.54) is 0 Å². The average molecular weight is 304 g/mol. The van der Waals surface area contributed by atoms with Crippen molar-refractivity contribution in [3.8, 4) is 5.75 Å². The smallest absolute Gasteiger partial charge is 0.133 e. The van der Waals surface area contributed by atoms with Gasteiger partial charge in [-0.3, -0.25) is 4.79 Å². The Morgan fingerprint density at radius 1 is 1.32 bits per heavy atom. The second-order valence-corrected chi connectivity index (χ2v) is 6.40. The molecule has 1 aromatic carbocycles. The number of benzene rings is 1. The first-order valence-corrected chi connectivity index (χ1v) is 8.03. The van der Waals surface area contributed by atoms with Crippen molar-refractivity contribution in [2.24, 2.45) is 5.92 Å². The van der Waals surface area contributed by atoms with E-state index in [0.29, 0.717) is 25.2 Å². The van der Waals surface area contributed by atoms with Crippen LogP contribution in [0.15, 0.2) is 30.3 Å². The fraction of sp³-hybridized carbons (Fsp3) is 0.611. The second kappa shape index (κ2) is 6.39. The van der Waals surface area contributed by atoms with Gasteiger partial charge in [-0.25, -0.2) is 0 Å². The number of ether oxygens (including phenoxy) is 3. The number of hydrogen-bond acceptors (Lipinski definition) is 4. The molecule has 1 aromatic rings. The SMILES string of the molecule is COC1CCC(=O)CC1[C@]1(C)OC1CCOc1ccccc1. The molecule has 3 unspecified atom stereocenters. The second-order valence-electron chi connectivity index (χ2n) is 6.40. The van der Waals surface area contributed by atoms with Crippen molar-refractivity contribution in [2.75, 3.05) is 13.7 Å². The number of para-hydroxylation sites is 1. The molecule has 0 amide bonds.